The maximum Gasteiger partial charge on any atom is 0.338 e. The third kappa shape index (κ3) is 3.44. The van der Waals surface area contributed by atoms with E-state index in [-0.39, 0.29) is 5.97 Å². The van der Waals surface area contributed by atoms with Crippen LogP contribution in [0.2, 0.25) is 0 Å². The number of nitrogens with two attached hydrogens (primary N) is 1. The van der Waals surface area contributed by atoms with Gasteiger partial charge >= 0.3 is 5.97 Å². The molecule has 19 heavy (non-hydrogen) atoms. The van der Waals surface area contributed by atoms with Crippen molar-refractivity contribution in [2.24, 2.45) is 11.7 Å². The minimum absolute atomic E-state index is 0.343. The molecule has 0 radical (unpaired) electrons. The lowest BCUT2D eigenvalue weighted by atomic mass is 9.84. The van der Waals surface area contributed by atoms with Crippen LogP contribution < -0.4 is 11.1 Å². The summed E-state index contributed by atoms with van der Waals surface area (Å²) in [7, 11) is 1.38. The van der Waals surface area contributed by atoms with Crippen LogP contribution >= 0.6 is 0 Å². The van der Waals surface area contributed by atoms with E-state index in [0.717, 1.165) is 12.8 Å². The molecule has 0 aliphatic heterocycles. The topological polar surface area (TPSA) is 77.2 Å². The van der Waals surface area contributed by atoms with Crippen molar-refractivity contribution >= 4 is 11.8 Å². The zero-order valence-corrected chi connectivity index (χ0v) is 11.3. The van der Waals surface area contributed by atoms with Crippen molar-refractivity contribution in [1.82, 2.24) is 4.98 Å². The van der Waals surface area contributed by atoms with Crippen molar-refractivity contribution in [3.8, 4) is 0 Å². The summed E-state index contributed by atoms with van der Waals surface area (Å²) in [6.45, 7) is 0.689. The van der Waals surface area contributed by atoms with E-state index in [2.05, 4.69) is 10.3 Å². The molecule has 104 valence electrons. The van der Waals surface area contributed by atoms with Crippen LogP contribution in [0.15, 0.2) is 18.3 Å². The summed E-state index contributed by atoms with van der Waals surface area (Å²) >= 11 is 0. The zero-order chi connectivity index (χ0) is 13.7. The van der Waals surface area contributed by atoms with Crippen molar-refractivity contribution in [2.45, 2.75) is 31.7 Å². The van der Waals surface area contributed by atoms with Crippen LogP contribution in [0.25, 0.3) is 0 Å². The third-order valence-electron chi connectivity index (χ3n) is 3.73. The predicted octanol–water partition coefficient (Wildman–Crippen LogP) is 1.80. The number of rotatable bonds is 4. The second-order valence-electron chi connectivity index (χ2n) is 4.95. The zero-order valence-electron chi connectivity index (χ0n) is 11.3. The number of carbonyl (C=O) groups is 1. The number of ether oxygens (including phenoxy) is 1. The van der Waals surface area contributed by atoms with Crippen LogP contribution in [-0.4, -0.2) is 30.6 Å². The molecule has 1 aliphatic carbocycles. The van der Waals surface area contributed by atoms with Crippen LogP contribution in [0, 0.1) is 5.92 Å². The molecular weight excluding hydrogens is 242 g/mol. The number of hydrogen-bond donors (Lipinski definition) is 2. The Hall–Kier alpha value is -1.62. The molecule has 0 saturated heterocycles. The highest BCUT2D eigenvalue weighted by molar-refractivity contribution is 5.89. The Balaban J connectivity index is 2.07. The van der Waals surface area contributed by atoms with Crippen LogP contribution in [0.1, 0.15) is 36.0 Å². The molecular formula is C14H21N3O2. The Morgan fingerprint density at radius 3 is 3.05 bits per heavy atom. The fourth-order valence-corrected chi connectivity index (χ4v) is 2.62. The third-order valence-corrected chi connectivity index (χ3v) is 3.73. The molecule has 0 spiro atoms. The molecule has 2 rings (SSSR count). The number of nitrogens with zero attached hydrogens (tertiary/aromatic N) is 1. The monoisotopic (exact) mass is 263 g/mol. The van der Waals surface area contributed by atoms with Gasteiger partial charge in [0.1, 0.15) is 5.82 Å². The number of carbonyl (C=O) groups excluding carboxylic acids is 1. The first-order chi connectivity index (χ1) is 9.24. The van der Waals surface area contributed by atoms with Gasteiger partial charge in [0.15, 0.2) is 0 Å². The van der Waals surface area contributed by atoms with Gasteiger partial charge in [0.2, 0.25) is 0 Å². The lowest BCUT2D eigenvalue weighted by Crippen LogP contribution is -2.37. The molecule has 1 heterocycles. The van der Waals surface area contributed by atoms with Crippen molar-refractivity contribution in [2.75, 3.05) is 19.0 Å². The van der Waals surface area contributed by atoms with Crippen LogP contribution in [0.4, 0.5) is 5.82 Å². The lowest BCUT2D eigenvalue weighted by Gasteiger charge is -2.31. The van der Waals surface area contributed by atoms with Crippen molar-refractivity contribution in [1.29, 1.82) is 0 Å². The van der Waals surface area contributed by atoms with Crippen LogP contribution in [-0.2, 0) is 4.74 Å². The summed E-state index contributed by atoms with van der Waals surface area (Å²) in [5.74, 6) is 0.857. The van der Waals surface area contributed by atoms with Crippen molar-refractivity contribution < 1.29 is 9.53 Å². The fourth-order valence-electron chi connectivity index (χ4n) is 2.62. The number of methoxy groups -OCH3 is 1. The number of hydrogen-bond acceptors (Lipinski definition) is 5. The molecule has 1 aromatic rings. The van der Waals surface area contributed by atoms with E-state index in [1.54, 1.807) is 18.3 Å². The van der Waals surface area contributed by atoms with E-state index in [1.807, 2.05) is 0 Å². The summed E-state index contributed by atoms with van der Waals surface area (Å²) in [5.41, 5.74) is 6.33. The van der Waals surface area contributed by atoms with E-state index in [4.69, 9.17) is 10.5 Å². The highest BCUT2D eigenvalue weighted by Gasteiger charge is 2.24. The highest BCUT2D eigenvalue weighted by atomic mass is 16.5. The molecule has 1 aromatic heterocycles. The smallest absolute Gasteiger partial charge is 0.338 e. The van der Waals surface area contributed by atoms with Gasteiger partial charge in [-0.2, -0.15) is 0 Å². The van der Waals surface area contributed by atoms with Gasteiger partial charge in [-0.1, -0.05) is 12.8 Å². The Kier molecular flexibility index (Phi) is 4.74. The average Bonchev–Trinajstić information content (AvgIpc) is 2.47. The van der Waals surface area contributed by atoms with Crippen molar-refractivity contribution in [3.63, 3.8) is 0 Å². The summed E-state index contributed by atoms with van der Waals surface area (Å²) in [4.78, 5) is 15.7. The number of pyridine rings is 1. The molecule has 1 fully saturated rings. The fraction of sp³-hybridized carbons (Fsp3) is 0.571. The van der Waals surface area contributed by atoms with E-state index in [0.29, 0.717) is 29.9 Å². The van der Waals surface area contributed by atoms with Gasteiger partial charge in [-0.15, -0.1) is 0 Å². The molecule has 1 saturated carbocycles. The number of nitrogens with one attached hydrogen (secondary N) is 1. The molecule has 2 unspecified atom stereocenters. The van der Waals surface area contributed by atoms with Crippen LogP contribution in [0.5, 0.6) is 0 Å². The van der Waals surface area contributed by atoms with E-state index in [1.165, 1.54) is 20.0 Å². The maximum absolute atomic E-state index is 11.5. The molecule has 5 heteroatoms. The number of aromatic nitrogens is 1. The first-order valence-corrected chi connectivity index (χ1v) is 6.75. The predicted molar refractivity (Wildman–Crippen MR) is 74.0 cm³/mol. The molecule has 2 atom stereocenters. The molecule has 0 aromatic carbocycles. The molecule has 5 nitrogen and oxygen atoms in total. The molecule has 0 bridgehead atoms. The summed E-state index contributed by atoms with van der Waals surface area (Å²) in [6.07, 6.45) is 6.34. The van der Waals surface area contributed by atoms with Gasteiger partial charge in [-0.05, 0) is 37.4 Å². The van der Waals surface area contributed by atoms with Gasteiger partial charge < -0.3 is 15.8 Å². The van der Waals surface area contributed by atoms with E-state index in [9.17, 15) is 4.79 Å². The van der Waals surface area contributed by atoms with Gasteiger partial charge in [0, 0.05) is 12.2 Å². The van der Waals surface area contributed by atoms with E-state index >= 15 is 0 Å². The van der Waals surface area contributed by atoms with Gasteiger partial charge in [-0.25, -0.2) is 9.78 Å². The van der Waals surface area contributed by atoms with Crippen LogP contribution in [0.3, 0.4) is 0 Å². The first-order valence-electron chi connectivity index (χ1n) is 6.75. The average molecular weight is 263 g/mol. The molecule has 1 aliphatic rings. The van der Waals surface area contributed by atoms with Gasteiger partial charge in [0.25, 0.3) is 0 Å². The largest absolute Gasteiger partial charge is 0.465 e. The van der Waals surface area contributed by atoms with Gasteiger partial charge in [-0.3, -0.25) is 0 Å². The Morgan fingerprint density at radius 1 is 1.53 bits per heavy atom. The maximum atomic E-state index is 11.5. The standard InChI is InChI=1S/C14H21N3O2/c1-19-14(18)10-6-7-16-13(8-10)17-12-5-3-2-4-11(12)9-15/h6-8,11-12H,2-5,9,15H2,1H3,(H,16,17). The number of esters is 1. The lowest BCUT2D eigenvalue weighted by molar-refractivity contribution is 0.0600. The number of anilines is 1. The Bertz CT molecular complexity index is 436. The second kappa shape index (κ2) is 6.52. The Morgan fingerprint density at radius 2 is 2.32 bits per heavy atom. The molecule has 3 N–H and O–H groups in total. The molecule has 0 amide bonds. The van der Waals surface area contributed by atoms with Crippen molar-refractivity contribution in [3.05, 3.63) is 23.9 Å². The Labute approximate surface area is 113 Å². The second-order valence-corrected chi connectivity index (χ2v) is 4.95. The normalized spacial score (nSPS) is 22.8. The quantitative estimate of drug-likeness (QED) is 0.810. The van der Waals surface area contributed by atoms with Gasteiger partial charge in [0.05, 0.1) is 12.7 Å². The summed E-state index contributed by atoms with van der Waals surface area (Å²) in [6, 6.07) is 3.73. The van der Waals surface area contributed by atoms with E-state index < -0.39 is 0 Å². The summed E-state index contributed by atoms with van der Waals surface area (Å²) < 4.78 is 4.71. The first kappa shape index (κ1) is 13.8. The highest BCUT2D eigenvalue weighted by Crippen LogP contribution is 2.26. The minimum atomic E-state index is -0.343. The minimum Gasteiger partial charge on any atom is -0.465 e. The summed E-state index contributed by atoms with van der Waals surface area (Å²) in [5, 5.41) is 3.40. The SMILES string of the molecule is COC(=O)c1ccnc(NC2CCCCC2CN)c1.